The van der Waals surface area contributed by atoms with E-state index in [1.807, 2.05) is 6.07 Å². The molecule has 0 saturated carbocycles. The van der Waals surface area contributed by atoms with Crippen LogP contribution >= 0.6 is 0 Å². The van der Waals surface area contributed by atoms with Crippen molar-refractivity contribution in [1.82, 2.24) is 9.78 Å². The lowest BCUT2D eigenvalue weighted by Crippen LogP contribution is -2.11. The molecule has 1 N–H and O–H groups in total. The maximum Gasteiger partial charge on any atom is 0.354 e. The number of Topliss-reactive ketones (excluding diaryl/α,β-unsaturated/α-hetero) is 1. The van der Waals surface area contributed by atoms with Crippen LogP contribution in [0.1, 0.15) is 26.4 Å². The average molecular weight is 244 g/mol. The lowest BCUT2D eigenvalue weighted by atomic mass is 10.0. The molecule has 0 amide bonds. The maximum atomic E-state index is 12.0. The summed E-state index contributed by atoms with van der Waals surface area (Å²) in [6, 6.07) is 8.78. The Balaban J connectivity index is 2.25. The second kappa shape index (κ2) is 4.83. The van der Waals surface area contributed by atoms with Crippen LogP contribution in [0.5, 0.6) is 0 Å². The van der Waals surface area contributed by atoms with Gasteiger partial charge in [0, 0.05) is 24.6 Å². The summed E-state index contributed by atoms with van der Waals surface area (Å²) >= 11 is 0. The van der Waals surface area contributed by atoms with Crippen LogP contribution in [0.2, 0.25) is 0 Å². The zero-order chi connectivity index (χ0) is 13.1. The van der Waals surface area contributed by atoms with Crippen LogP contribution in [0.25, 0.3) is 0 Å². The highest BCUT2D eigenvalue weighted by Gasteiger charge is 2.18. The topological polar surface area (TPSA) is 72.2 Å². The third kappa shape index (κ3) is 2.29. The van der Waals surface area contributed by atoms with Crippen LogP contribution < -0.4 is 0 Å². The van der Waals surface area contributed by atoms with Gasteiger partial charge in [-0.15, -0.1) is 0 Å². The molecule has 0 aliphatic carbocycles. The Labute approximate surface area is 104 Å². The first kappa shape index (κ1) is 12.0. The molecule has 5 heteroatoms. The lowest BCUT2D eigenvalue weighted by molar-refractivity contribution is 0.0684. The summed E-state index contributed by atoms with van der Waals surface area (Å²) < 4.78 is 1.26. The molecule has 92 valence electrons. The van der Waals surface area contributed by atoms with Gasteiger partial charge in [0.05, 0.1) is 6.20 Å². The fourth-order valence-corrected chi connectivity index (χ4v) is 1.79. The number of aromatic carboxylic acids is 1. The van der Waals surface area contributed by atoms with Gasteiger partial charge in [-0.1, -0.05) is 30.3 Å². The molecule has 0 fully saturated rings. The van der Waals surface area contributed by atoms with E-state index >= 15 is 0 Å². The Kier molecular flexibility index (Phi) is 3.23. The molecule has 0 unspecified atom stereocenters. The minimum atomic E-state index is -1.08. The van der Waals surface area contributed by atoms with E-state index in [4.69, 9.17) is 5.11 Å². The predicted molar refractivity (Wildman–Crippen MR) is 64.6 cm³/mol. The fraction of sp³-hybridized carbons (Fsp3) is 0.154. The summed E-state index contributed by atoms with van der Waals surface area (Å²) in [5.74, 6) is -1.20. The van der Waals surface area contributed by atoms with Gasteiger partial charge in [0.25, 0.3) is 0 Å². The van der Waals surface area contributed by atoms with E-state index < -0.39 is 5.97 Å². The fourth-order valence-electron chi connectivity index (χ4n) is 1.79. The van der Waals surface area contributed by atoms with E-state index in [-0.39, 0.29) is 17.9 Å². The third-order valence-electron chi connectivity index (χ3n) is 2.66. The van der Waals surface area contributed by atoms with E-state index in [2.05, 4.69) is 5.10 Å². The first-order valence-electron chi connectivity index (χ1n) is 5.42. The summed E-state index contributed by atoms with van der Waals surface area (Å²) in [4.78, 5) is 23.0. The molecule has 0 aliphatic heterocycles. The van der Waals surface area contributed by atoms with E-state index in [0.717, 1.165) is 0 Å². The van der Waals surface area contributed by atoms with Crippen LogP contribution in [-0.4, -0.2) is 26.6 Å². The zero-order valence-electron chi connectivity index (χ0n) is 9.83. The molecule has 0 bridgehead atoms. The molecular formula is C13H12N2O3. The van der Waals surface area contributed by atoms with Crippen molar-refractivity contribution in [1.29, 1.82) is 0 Å². The highest BCUT2D eigenvalue weighted by Crippen LogP contribution is 2.12. The Morgan fingerprint density at radius 3 is 2.56 bits per heavy atom. The molecular weight excluding hydrogens is 232 g/mol. The number of ketones is 1. The minimum Gasteiger partial charge on any atom is -0.477 e. The Morgan fingerprint density at radius 1 is 1.28 bits per heavy atom. The molecule has 18 heavy (non-hydrogen) atoms. The van der Waals surface area contributed by atoms with Gasteiger partial charge in [-0.05, 0) is 0 Å². The van der Waals surface area contributed by atoms with Gasteiger partial charge in [0.2, 0.25) is 0 Å². The molecule has 0 aliphatic rings. The predicted octanol–water partition coefficient (Wildman–Crippen LogP) is 1.54. The Hall–Kier alpha value is -2.43. The Bertz CT molecular complexity index is 588. The highest BCUT2D eigenvalue weighted by atomic mass is 16.4. The van der Waals surface area contributed by atoms with E-state index in [9.17, 15) is 9.59 Å². The smallest absolute Gasteiger partial charge is 0.354 e. The monoisotopic (exact) mass is 244 g/mol. The summed E-state index contributed by atoms with van der Waals surface area (Å²) in [5.41, 5.74) is 1.05. The number of aromatic nitrogens is 2. The van der Waals surface area contributed by atoms with Crippen molar-refractivity contribution in [3.05, 3.63) is 53.3 Å². The van der Waals surface area contributed by atoms with Crippen molar-refractivity contribution in [2.24, 2.45) is 7.05 Å². The van der Waals surface area contributed by atoms with Gasteiger partial charge >= 0.3 is 5.97 Å². The van der Waals surface area contributed by atoms with Gasteiger partial charge in [-0.3, -0.25) is 9.48 Å². The maximum absolute atomic E-state index is 12.0. The number of carbonyl (C=O) groups is 2. The number of aryl methyl sites for hydroxylation is 1. The molecule has 1 aromatic heterocycles. The van der Waals surface area contributed by atoms with E-state index in [1.54, 1.807) is 31.3 Å². The number of rotatable bonds is 4. The van der Waals surface area contributed by atoms with Crippen LogP contribution in [0.4, 0.5) is 0 Å². The molecule has 2 aromatic rings. The van der Waals surface area contributed by atoms with Crippen molar-refractivity contribution in [2.45, 2.75) is 6.42 Å². The number of carboxylic acid groups (broad SMARTS) is 1. The van der Waals surface area contributed by atoms with Crippen LogP contribution in [0, 0.1) is 0 Å². The van der Waals surface area contributed by atoms with Crippen LogP contribution in [-0.2, 0) is 13.5 Å². The van der Waals surface area contributed by atoms with Crippen LogP contribution in [0.3, 0.4) is 0 Å². The standard InChI is InChI=1S/C13H12N2O3/c1-15-12(13(17)18)10(8-14-15)7-11(16)9-5-3-2-4-6-9/h2-6,8H,7H2,1H3,(H,17,18). The quantitative estimate of drug-likeness (QED) is 0.828. The van der Waals surface area contributed by atoms with Crippen LogP contribution in [0.15, 0.2) is 36.5 Å². The van der Waals surface area contributed by atoms with Gasteiger partial charge in [-0.2, -0.15) is 5.10 Å². The number of hydrogen-bond acceptors (Lipinski definition) is 3. The summed E-state index contributed by atoms with van der Waals surface area (Å²) in [7, 11) is 1.54. The molecule has 0 radical (unpaired) electrons. The van der Waals surface area contributed by atoms with E-state index in [0.29, 0.717) is 11.1 Å². The average Bonchev–Trinajstić information content (AvgIpc) is 2.71. The van der Waals surface area contributed by atoms with Crippen molar-refractivity contribution in [3.8, 4) is 0 Å². The molecule has 0 atom stereocenters. The van der Waals surface area contributed by atoms with Gasteiger partial charge in [0.1, 0.15) is 5.69 Å². The molecule has 0 saturated heterocycles. The summed E-state index contributed by atoms with van der Waals surface area (Å²) in [6.07, 6.45) is 1.46. The molecule has 5 nitrogen and oxygen atoms in total. The Morgan fingerprint density at radius 2 is 1.94 bits per heavy atom. The zero-order valence-corrected chi connectivity index (χ0v) is 9.83. The second-order valence-electron chi connectivity index (χ2n) is 3.91. The number of carboxylic acids is 1. The number of nitrogens with zero attached hydrogens (tertiary/aromatic N) is 2. The largest absolute Gasteiger partial charge is 0.477 e. The highest BCUT2D eigenvalue weighted by molar-refractivity contribution is 5.99. The van der Waals surface area contributed by atoms with Crippen molar-refractivity contribution >= 4 is 11.8 Å². The summed E-state index contributed by atoms with van der Waals surface area (Å²) in [6.45, 7) is 0. The van der Waals surface area contributed by atoms with Gasteiger partial charge < -0.3 is 5.11 Å². The van der Waals surface area contributed by atoms with Crippen molar-refractivity contribution < 1.29 is 14.7 Å². The van der Waals surface area contributed by atoms with Gasteiger partial charge in [0.15, 0.2) is 5.78 Å². The van der Waals surface area contributed by atoms with Gasteiger partial charge in [-0.25, -0.2) is 4.79 Å². The SMILES string of the molecule is Cn1ncc(CC(=O)c2ccccc2)c1C(=O)O. The van der Waals surface area contributed by atoms with Crippen molar-refractivity contribution in [2.75, 3.05) is 0 Å². The molecule has 1 heterocycles. The lowest BCUT2D eigenvalue weighted by Gasteiger charge is -2.01. The molecule has 0 spiro atoms. The normalized spacial score (nSPS) is 10.3. The number of hydrogen-bond donors (Lipinski definition) is 1. The second-order valence-corrected chi connectivity index (χ2v) is 3.91. The minimum absolute atomic E-state index is 0.0412. The first-order valence-corrected chi connectivity index (χ1v) is 5.42. The van der Waals surface area contributed by atoms with E-state index in [1.165, 1.54) is 10.9 Å². The third-order valence-corrected chi connectivity index (χ3v) is 2.66. The van der Waals surface area contributed by atoms with Crippen molar-refractivity contribution in [3.63, 3.8) is 0 Å². The number of benzene rings is 1. The molecule has 1 aromatic carbocycles. The molecule has 2 rings (SSSR count). The number of carbonyl (C=O) groups excluding carboxylic acids is 1. The first-order chi connectivity index (χ1) is 8.59. The summed E-state index contributed by atoms with van der Waals surface area (Å²) in [5, 5.41) is 12.9.